The number of rotatable bonds is 5. The average molecular weight is 463 g/mol. The summed E-state index contributed by atoms with van der Waals surface area (Å²) < 4.78 is 39.1. The van der Waals surface area contributed by atoms with Gasteiger partial charge in [0.25, 0.3) is 0 Å². The van der Waals surface area contributed by atoms with Crippen LogP contribution in [-0.2, 0) is 6.18 Å². The zero-order valence-corrected chi connectivity index (χ0v) is 19.4. The molecule has 1 heterocycles. The lowest BCUT2D eigenvalue weighted by Crippen LogP contribution is -2.08. The van der Waals surface area contributed by atoms with Crippen LogP contribution in [0.5, 0.6) is 0 Å². The first-order valence-electron chi connectivity index (χ1n) is 10.7. The molecule has 0 radical (unpaired) electrons. The second-order valence-corrected chi connectivity index (χ2v) is 8.42. The molecule has 0 atom stereocenters. The standard InChI is InChI=1S/C27H25F3N4/c1-33(2)22-13-7-19(8-14-22)25-17-24(18-5-11-21(12-6-18)27(28,29)30)31-26(32-25)20-9-15-23(16-10-20)34(3)4/h5-17H,1-4H3. The fraction of sp³-hybridized carbons (Fsp3) is 0.185. The topological polar surface area (TPSA) is 32.3 Å². The number of aromatic nitrogens is 2. The number of benzene rings is 3. The zero-order valence-electron chi connectivity index (χ0n) is 19.4. The van der Waals surface area contributed by atoms with Gasteiger partial charge in [0, 0.05) is 56.3 Å². The minimum Gasteiger partial charge on any atom is -0.378 e. The molecule has 0 bridgehead atoms. The van der Waals surface area contributed by atoms with E-state index in [2.05, 4.69) is 0 Å². The van der Waals surface area contributed by atoms with E-state index in [0.29, 0.717) is 22.8 Å². The molecule has 0 spiro atoms. The van der Waals surface area contributed by atoms with Gasteiger partial charge >= 0.3 is 6.18 Å². The summed E-state index contributed by atoms with van der Waals surface area (Å²) >= 11 is 0. The van der Waals surface area contributed by atoms with Gasteiger partial charge < -0.3 is 9.80 Å². The lowest BCUT2D eigenvalue weighted by Gasteiger charge is -2.14. The molecule has 0 aliphatic rings. The first-order chi connectivity index (χ1) is 16.1. The predicted octanol–water partition coefficient (Wildman–Crippen LogP) is 6.63. The Bertz CT molecular complexity index is 1190. The molecule has 7 heteroatoms. The highest BCUT2D eigenvalue weighted by molar-refractivity contribution is 5.73. The molecule has 0 saturated heterocycles. The van der Waals surface area contributed by atoms with Gasteiger partial charge in [-0.1, -0.05) is 24.3 Å². The molecule has 0 N–H and O–H groups in total. The van der Waals surface area contributed by atoms with Crippen LogP contribution >= 0.6 is 0 Å². The summed E-state index contributed by atoms with van der Waals surface area (Å²) in [6, 6.07) is 22.7. The number of hydrogen-bond acceptors (Lipinski definition) is 4. The molecular weight excluding hydrogens is 437 g/mol. The summed E-state index contributed by atoms with van der Waals surface area (Å²) in [5.41, 5.74) is 4.97. The minimum atomic E-state index is -4.39. The molecule has 4 aromatic rings. The van der Waals surface area contributed by atoms with E-state index < -0.39 is 11.7 Å². The van der Waals surface area contributed by atoms with Crippen LogP contribution < -0.4 is 9.80 Å². The summed E-state index contributed by atoms with van der Waals surface area (Å²) in [6.07, 6.45) is -4.39. The highest BCUT2D eigenvalue weighted by atomic mass is 19.4. The Balaban J connectivity index is 1.82. The van der Waals surface area contributed by atoms with Gasteiger partial charge in [-0.3, -0.25) is 0 Å². The molecule has 0 amide bonds. The van der Waals surface area contributed by atoms with Crippen molar-refractivity contribution in [2.75, 3.05) is 38.0 Å². The fourth-order valence-corrected chi connectivity index (χ4v) is 3.54. The molecule has 1 aromatic heterocycles. The monoisotopic (exact) mass is 462 g/mol. The van der Waals surface area contributed by atoms with E-state index in [-0.39, 0.29) is 0 Å². The molecule has 0 aliphatic carbocycles. The van der Waals surface area contributed by atoms with Gasteiger partial charge in [-0.25, -0.2) is 9.97 Å². The smallest absolute Gasteiger partial charge is 0.378 e. The van der Waals surface area contributed by atoms with E-state index in [0.717, 1.165) is 34.6 Å². The largest absolute Gasteiger partial charge is 0.416 e. The van der Waals surface area contributed by atoms with E-state index in [1.807, 2.05) is 92.6 Å². The van der Waals surface area contributed by atoms with Crippen LogP contribution in [0.1, 0.15) is 5.56 Å². The molecular formula is C27H25F3N4. The number of hydrogen-bond donors (Lipinski definition) is 0. The average Bonchev–Trinajstić information content (AvgIpc) is 2.83. The van der Waals surface area contributed by atoms with E-state index >= 15 is 0 Å². The van der Waals surface area contributed by atoms with Gasteiger partial charge in [-0.15, -0.1) is 0 Å². The van der Waals surface area contributed by atoms with E-state index in [4.69, 9.17) is 9.97 Å². The van der Waals surface area contributed by atoms with Crippen molar-refractivity contribution in [1.82, 2.24) is 9.97 Å². The van der Waals surface area contributed by atoms with Gasteiger partial charge in [0.2, 0.25) is 0 Å². The highest BCUT2D eigenvalue weighted by Crippen LogP contribution is 2.33. The summed E-state index contributed by atoms with van der Waals surface area (Å²) in [5, 5.41) is 0. The summed E-state index contributed by atoms with van der Waals surface area (Å²) in [4.78, 5) is 13.5. The Morgan fingerprint density at radius 3 is 1.32 bits per heavy atom. The third kappa shape index (κ3) is 5.03. The molecule has 0 fully saturated rings. The predicted molar refractivity (Wildman–Crippen MR) is 132 cm³/mol. The van der Waals surface area contributed by atoms with Crippen LogP contribution in [0.4, 0.5) is 24.5 Å². The van der Waals surface area contributed by atoms with E-state index in [1.165, 1.54) is 12.1 Å². The van der Waals surface area contributed by atoms with E-state index in [1.54, 1.807) is 0 Å². The molecule has 0 aliphatic heterocycles. The van der Waals surface area contributed by atoms with Crippen molar-refractivity contribution >= 4 is 11.4 Å². The van der Waals surface area contributed by atoms with Crippen molar-refractivity contribution in [1.29, 1.82) is 0 Å². The van der Waals surface area contributed by atoms with Crippen LogP contribution in [0.25, 0.3) is 33.9 Å². The summed E-state index contributed by atoms with van der Waals surface area (Å²) in [5.74, 6) is 0.509. The molecule has 0 saturated carbocycles. The Morgan fingerprint density at radius 2 is 0.941 bits per heavy atom. The first kappa shape index (κ1) is 23.3. The number of anilines is 2. The van der Waals surface area contributed by atoms with Crippen LogP contribution in [0.3, 0.4) is 0 Å². The quantitative estimate of drug-likeness (QED) is 0.333. The van der Waals surface area contributed by atoms with Gasteiger partial charge in [-0.2, -0.15) is 13.2 Å². The lowest BCUT2D eigenvalue weighted by atomic mass is 10.0. The molecule has 174 valence electrons. The van der Waals surface area contributed by atoms with Crippen molar-refractivity contribution in [3.05, 3.63) is 84.4 Å². The Hall–Kier alpha value is -3.87. The first-order valence-corrected chi connectivity index (χ1v) is 10.7. The summed E-state index contributed by atoms with van der Waals surface area (Å²) in [7, 11) is 7.87. The van der Waals surface area contributed by atoms with Crippen LogP contribution in [0.15, 0.2) is 78.9 Å². The van der Waals surface area contributed by atoms with Gasteiger partial charge in [0.05, 0.1) is 17.0 Å². The van der Waals surface area contributed by atoms with Crippen molar-refractivity contribution < 1.29 is 13.2 Å². The molecule has 4 nitrogen and oxygen atoms in total. The zero-order chi connectivity index (χ0) is 24.5. The maximum absolute atomic E-state index is 13.0. The van der Waals surface area contributed by atoms with Gasteiger partial charge in [0.1, 0.15) is 0 Å². The van der Waals surface area contributed by atoms with Crippen LogP contribution in [0.2, 0.25) is 0 Å². The Morgan fingerprint density at radius 1 is 0.559 bits per heavy atom. The number of nitrogens with zero attached hydrogens (tertiary/aromatic N) is 4. The Labute approximate surface area is 197 Å². The third-order valence-corrected chi connectivity index (χ3v) is 5.56. The molecule has 3 aromatic carbocycles. The van der Waals surface area contributed by atoms with E-state index in [9.17, 15) is 13.2 Å². The Kier molecular flexibility index (Phi) is 6.28. The fourth-order valence-electron chi connectivity index (χ4n) is 3.54. The second-order valence-electron chi connectivity index (χ2n) is 8.42. The van der Waals surface area contributed by atoms with Crippen LogP contribution in [-0.4, -0.2) is 38.2 Å². The minimum absolute atomic E-state index is 0.509. The normalized spacial score (nSPS) is 11.4. The van der Waals surface area contributed by atoms with Crippen molar-refractivity contribution in [3.8, 4) is 33.9 Å². The van der Waals surface area contributed by atoms with Crippen molar-refractivity contribution in [3.63, 3.8) is 0 Å². The molecule has 34 heavy (non-hydrogen) atoms. The van der Waals surface area contributed by atoms with Crippen molar-refractivity contribution in [2.24, 2.45) is 0 Å². The number of alkyl halides is 3. The molecule has 4 rings (SSSR count). The number of halogens is 3. The SMILES string of the molecule is CN(C)c1ccc(-c2cc(-c3ccc(C(F)(F)F)cc3)nc(-c3ccc(N(C)C)cc3)n2)cc1. The van der Waals surface area contributed by atoms with Gasteiger partial charge in [-0.05, 0) is 54.6 Å². The maximum atomic E-state index is 13.0. The maximum Gasteiger partial charge on any atom is 0.416 e. The summed E-state index contributed by atoms with van der Waals surface area (Å²) in [6.45, 7) is 0. The third-order valence-electron chi connectivity index (χ3n) is 5.56. The lowest BCUT2D eigenvalue weighted by molar-refractivity contribution is -0.137. The van der Waals surface area contributed by atoms with Crippen LogP contribution in [0, 0.1) is 0 Å². The van der Waals surface area contributed by atoms with Gasteiger partial charge in [0.15, 0.2) is 5.82 Å². The second kappa shape index (κ2) is 9.17. The van der Waals surface area contributed by atoms with Crippen molar-refractivity contribution in [2.45, 2.75) is 6.18 Å². The highest BCUT2D eigenvalue weighted by Gasteiger charge is 2.30. The molecule has 0 unspecified atom stereocenters.